The van der Waals surface area contributed by atoms with E-state index in [2.05, 4.69) is 66.3 Å². The van der Waals surface area contributed by atoms with E-state index in [1.54, 1.807) is 0 Å². The van der Waals surface area contributed by atoms with Gasteiger partial charge in [0.15, 0.2) is 0 Å². The second-order valence-electron chi connectivity index (χ2n) is 4.49. The van der Waals surface area contributed by atoms with Crippen LogP contribution in [0.15, 0.2) is 42.7 Å². The maximum absolute atomic E-state index is 4.32. The highest BCUT2D eigenvalue weighted by Gasteiger charge is 2.10. The lowest BCUT2D eigenvalue weighted by Crippen LogP contribution is -2.17. The highest BCUT2D eigenvalue weighted by atomic mass is 15.1. The molecule has 1 heterocycles. The van der Waals surface area contributed by atoms with Crippen LogP contribution in [-0.2, 0) is 0 Å². The van der Waals surface area contributed by atoms with Crippen molar-refractivity contribution >= 4 is 17.1 Å². The lowest BCUT2D eigenvalue weighted by atomic mass is 10.1. The van der Waals surface area contributed by atoms with E-state index in [0.717, 1.165) is 24.5 Å². The Morgan fingerprint density at radius 3 is 2.63 bits per heavy atom. The van der Waals surface area contributed by atoms with E-state index >= 15 is 0 Å². The molecule has 100 valence electrons. The molecule has 0 saturated heterocycles. The Kier molecular flexibility index (Phi) is 4.39. The Morgan fingerprint density at radius 2 is 1.95 bits per heavy atom. The van der Waals surface area contributed by atoms with Gasteiger partial charge in [0.2, 0.25) is 0 Å². The van der Waals surface area contributed by atoms with Gasteiger partial charge in [0.05, 0.1) is 23.8 Å². The summed E-state index contributed by atoms with van der Waals surface area (Å²) in [7, 11) is 0. The van der Waals surface area contributed by atoms with Crippen LogP contribution in [0.5, 0.6) is 0 Å². The molecular formula is C16H21N3. The quantitative estimate of drug-likeness (QED) is 0.876. The summed E-state index contributed by atoms with van der Waals surface area (Å²) in [5.41, 5.74) is 4.70. The fourth-order valence-corrected chi connectivity index (χ4v) is 2.23. The van der Waals surface area contributed by atoms with E-state index in [0.29, 0.717) is 0 Å². The van der Waals surface area contributed by atoms with Crippen molar-refractivity contribution in [2.24, 2.45) is 0 Å². The molecule has 1 aromatic heterocycles. The zero-order valence-electron chi connectivity index (χ0n) is 11.9. The zero-order valence-corrected chi connectivity index (χ0v) is 11.9. The highest BCUT2D eigenvalue weighted by molar-refractivity contribution is 5.68. The van der Waals surface area contributed by atoms with Crippen molar-refractivity contribution in [2.75, 3.05) is 23.3 Å². The van der Waals surface area contributed by atoms with Crippen molar-refractivity contribution in [2.45, 2.75) is 20.8 Å². The average molecular weight is 255 g/mol. The van der Waals surface area contributed by atoms with Crippen LogP contribution >= 0.6 is 0 Å². The van der Waals surface area contributed by atoms with Gasteiger partial charge in [-0.25, -0.2) is 0 Å². The number of nitrogens with zero attached hydrogens (tertiary/aromatic N) is 2. The minimum absolute atomic E-state index is 0.904. The molecule has 0 saturated carbocycles. The van der Waals surface area contributed by atoms with Gasteiger partial charge in [0.1, 0.15) is 0 Å². The molecule has 0 aliphatic carbocycles. The van der Waals surface area contributed by atoms with Gasteiger partial charge >= 0.3 is 0 Å². The second-order valence-corrected chi connectivity index (χ2v) is 4.49. The van der Waals surface area contributed by atoms with Crippen molar-refractivity contribution in [1.29, 1.82) is 0 Å². The topological polar surface area (TPSA) is 28.2 Å². The molecule has 0 aliphatic rings. The number of pyridine rings is 1. The van der Waals surface area contributed by atoms with E-state index in [4.69, 9.17) is 0 Å². The largest absolute Gasteiger partial charge is 0.384 e. The summed E-state index contributed by atoms with van der Waals surface area (Å²) in [6.45, 7) is 8.21. The number of benzene rings is 1. The molecule has 0 spiro atoms. The number of hydrogen-bond donors (Lipinski definition) is 1. The molecule has 3 heteroatoms. The number of aromatic nitrogens is 1. The monoisotopic (exact) mass is 255 g/mol. The molecule has 0 unspecified atom stereocenters. The third-order valence-corrected chi connectivity index (χ3v) is 3.14. The van der Waals surface area contributed by atoms with Gasteiger partial charge in [-0.05, 0) is 38.5 Å². The van der Waals surface area contributed by atoms with E-state index in [1.807, 2.05) is 12.4 Å². The molecular weight excluding hydrogens is 234 g/mol. The third-order valence-electron chi connectivity index (χ3n) is 3.14. The molecule has 3 nitrogen and oxygen atoms in total. The van der Waals surface area contributed by atoms with Crippen LogP contribution in [0.2, 0.25) is 0 Å². The SMILES string of the molecule is CCNc1cncc(N(CC)c2ccccc2C)c1. The Labute approximate surface area is 115 Å². The molecule has 2 aromatic rings. The summed E-state index contributed by atoms with van der Waals surface area (Å²) < 4.78 is 0. The van der Waals surface area contributed by atoms with Crippen molar-refractivity contribution in [1.82, 2.24) is 4.98 Å². The third kappa shape index (κ3) is 3.05. The van der Waals surface area contributed by atoms with Gasteiger partial charge in [0, 0.05) is 18.8 Å². The number of rotatable bonds is 5. The van der Waals surface area contributed by atoms with Crippen molar-refractivity contribution in [3.05, 3.63) is 48.3 Å². The summed E-state index contributed by atoms with van der Waals surface area (Å²) in [5.74, 6) is 0. The number of nitrogens with one attached hydrogen (secondary N) is 1. The predicted octanol–water partition coefficient (Wildman–Crippen LogP) is 3.98. The maximum atomic E-state index is 4.32. The number of hydrogen-bond acceptors (Lipinski definition) is 3. The van der Waals surface area contributed by atoms with Gasteiger partial charge < -0.3 is 10.2 Å². The lowest BCUT2D eigenvalue weighted by molar-refractivity contribution is 1.01. The Balaban J connectivity index is 2.37. The van der Waals surface area contributed by atoms with Crippen LogP contribution in [0, 0.1) is 6.92 Å². The first-order chi connectivity index (χ1) is 9.26. The molecule has 1 N–H and O–H groups in total. The Hall–Kier alpha value is -2.03. The van der Waals surface area contributed by atoms with Crippen LogP contribution in [-0.4, -0.2) is 18.1 Å². The molecule has 1 aromatic carbocycles. The zero-order chi connectivity index (χ0) is 13.7. The first kappa shape index (κ1) is 13.4. The summed E-state index contributed by atoms with van der Waals surface area (Å²) in [5, 5.41) is 3.30. The minimum Gasteiger partial charge on any atom is -0.384 e. The number of para-hydroxylation sites is 1. The summed E-state index contributed by atoms with van der Waals surface area (Å²) in [6.07, 6.45) is 3.77. The highest BCUT2D eigenvalue weighted by Crippen LogP contribution is 2.28. The summed E-state index contributed by atoms with van der Waals surface area (Å²) >= 11 is 0. The van der Waals surface area contributed by atoms with Gasteiger partial charge in [-0.3, -0.25) is 4.98 Å². The standard InChI is InChI=1S/C16H21N3/c1-4-18-14-10-15(12-17-11-14)19(5-2)16-9-7-6-8-13(16)3/h6-12,18H,4-5H2,1-3H3. The van der Waals surface area contributed by atoms with Crippen LogP contribution in [0.1, 0.15) is 19.4 Å². The maximum Gasteiger partial charge on any atom is 0.0617 e. The van der Waals surface area contributed by atoms with Crippen LogP contribution in [0.3, 0.4) is 0 Å². The molecule has 2 rings (SSSR count). The predicted molar refractivity (Wildman–Crippen MR) is 82.3 cm³/mol. The van der Waals surface area contributed by atoms with Gasteiger partial charge in [0.25, 0.3) is 0 Å². The van der Waals surface area contributed by atoms with E-state index in [1.165, 1.54) is 11.3 Å². The van der Waals surface area contributed by atoms with Crippen molar-refractivity contribution in [3.63, 3.8) is 0 Å². The smallest absolute Gasteiger partial charge is 0.0617 e. The molecule has 0 amide bonds. The molecule has 0 radical (unpaired) electrons. The number of aryl methyl sites for hydroxylation is 1. The lowest BCUT2D eigenvalue weighted by Gasteiger charge is -2.25. The summed E-state index contributed by atoms with van der Waals surface area (Å²) in [6, 6.07) is 10.6. The van der Waals surface area contributed by atoms with E-state index in [9.17, 15) is 0 Å². The van der Waals surface area contributed by atoms with Gasteiger partial charge in [-0.15, -0.1) is 0 Å². The minimum atomic E-state index is 0.904. The second kappa shape index (κ2) is 6.23. The normalized spacial score (nSPS) is 10.3. The van der Waals surface area contributed by atoms with Crippen molar-refractivity contribution < 1.29 is 0 Å². The first-order valence-corrected chi connectivity index (χ1v) is 6.78. The van der Waals surface area contributed by atoms with Gasteiger partial charge in [-0.1, -0.05) is 18.2 Å². The van der Waals surface area contributed by atoms with Crippen LogP contribution in [0.4, 0.5) is 17.1 Å². The summed E-state index contributed by atoms with van der Waals surface area (Å²) in [4.78, 5) is 6.60. The molecule has 0 aliphatic heterocycles. The average Bonchev–Trinajstić information content (AvgIpc) is 2.43. The van der Waals surface area contributed by atoms with E-state index in [-0.39, 0.29) is 0 Å². The Bertz CT molecular complexity index is 537. The molecule has 19 heavy (non-hydrogen) atoms. The van der Waals surface area contributed by atoms with Crippen molar-refractivity contribution in [3.8, 4) is 0 Å². The molecule has 0 fully saturated rings. The Morgan fingerprint density at radius 1 is 1.16 bits per heavy atom. The number of anilines is 3. The first-order valence-electron chi connectivity index (χ1n) is 6.78. The molecule has 0 atom stereocenters. The van der Waals surface area contributed by atoms with Gasteiger partial charge in [-0.2, -0.15) is 0 Å². The molecule has 0 bridgehead atoms. The fraction of sp³-hybridized carbons (Fsp3) is 0.312. The van der Waals surface area contributed by atoms with E-state index < -0.39 is 0 Å². The van der Waals surface area contributed by atoms with Crippen LogP contribution < -0.4 is 10.2 Å². The van der Waals surface area contributed by atoms with Crippen LogP contribution in [0.25, 0.3) is 0 Å². The fourth-order valence-electron chi connectivity index (χ4n) is 2.23.